The van der Waals surface area contributed by atoms with E-state index in [1.807, 2.05) is 18.5 Å². The first-order chi connectivity index (χ1) is 21.1. The number of nitrogens with one attached hydrogen (secondary N) is 1. The molecular weight excluding hydrogens is 532 g/mol. The maximum absolute atomic E-state index is 14.3. The summed E-state index contributed by atoms with van der Waals surface area (Å²) >= 11 is 0. The van der Waals surface area contributed by atoms with Gasteiger partial charge in [-0.25, -0.2) is 4.98 Å². The summed E-state index contributed by atoms with van der Waals surface area (Å²) in [6.07, 6.45) is 13.7. The minimum atomic E-state index is 0.0554. The van der Waals surface area contributed by atoms with Crippen LogP contribution in [-0.4, -0.2) is 58.2 Å². The second-order valence-electron chi connectivity index (χ2n) is 13.4. The van der Waals surface area contributed by atoms with E-state index in [4.69, 9.17) is 9.72 Å². The van der Waals surface area contributed by atoms with Gasteiger partial charge in [-0.2, -0.15) is 0 Å². The first-order valence-electron chi connectivity index (χ1n) is 16.9. The van der Waals surface area contributed by atoms with Crippen LogP contribution in [0.5, 0.6) is 0 Å². The number of ether oxygens (including phenoxy) is 1. The Hall–Kier alpha value is -2.96. The number of hydrogen-bond donors (Lipinski definition) is 1. The van der Waals surface area contributed by atoms with E-state index in [-0.39, 0.29) is 11.9 Å². The van der Waals surface area contributed by atoms with Gasteiger partial charge in [-0.05, 0) is 68.8 Å². The first-order valence-corrected chi connectivity index (χ1v) is 16.9. The van der Waals surface area contributed by atoms with Crippen molar-refractivity contribution in [1.82, 2.24) is 19.8 Å². The second-order valence-corrected chi connectivity index (χ2v) is 13.4. The van der Waals surface area contributed by atoms with Crippen LogP contribution >= 0.6 is 0 Å². The van der Waals surface area contributed by atoms with Crippen molar-refractivity contribution >= 4 is 5.91 Å². The molecule has 0 radical (unpaired) electrons. The van der Waals surface area contributed by atoms with Gasteiger partial charge in [0, 0.05) is 37.8 Å². The lowest BCUT2D eigenvalue weighted by Crippen LogP contribution is -2.54. The van der Waals surface area contributed by atoms with Crippen molar-refractivity contribution in [3.63, 3.8) is 0 Å². The van der Waals surface area contributed by atoms with E-state index < -0.39 is 0 Å². The smallest absolute Gasteiger partial charge is 0.275 e. The average molecular weight is 583 g/mol. The van der Waals surface area contributed by atoms with Crippen molar-refractivity contribution < 1.29 is 9.53 Å². The molecule has 3 aliphatic rings. The molecule has 2 aliphatic heterocycles. The zero-order valence-corrected chi connectivity index (χ0v) is 26.2. The Morgan fingerprint density at radius 1 is 1.00 bits per heavy atom. The Balaban J connectivity index is 1.21. The molecule has 5 unspecified atom stereocenters. The van der Waals surface area contributed by atoms with Crippen molar-refractivity contribution in [3.8, 4) is 11.3 Å². The largest absolute Gasteiger partial charge is 0.375 e. The van der Waals surface area contributed by atoms with Gasteiger partial charge in [-0.1, -0.05) is 86.8 Å². The zero-order valence-electron chi connectivity index (χ0n) is 26.2. The van der Waals surface area contributed by atoms with Crippen LogP contribution in [-0.2, 0) is 17.7 Å². The number of benzene rings is 2. The second kappa shape index (κ2) is 14.2. The van der Waals surface area contributed by atoms with Crippen molar-refractivity contribution in [3.05, 3.63) is 78.2 Å². The van der Waals surface area contributed by atoms with E-state index in [9.17, 15) is 4.79 Å². The molecule has 1 saturated carbocycles. The predicted molar refractivity (Wildman–Crippen MR) is 173 cm³/mol. The highest BCUT2D eigenvalue weighted by Crippen LogP contribution is 2.38. The molecule has 3 aromatic rings. The van der Waals surface area contributed by atoms with E-state index in [0.29, 0.717) is 42.2 Å². The Kier molecular flexibility index (Phi) is 9.95. The molecule has 1 aromatic heterocycles. The van der Waals surface area contributed by atoms with Crippen LogP contribution in [0.15, 0.2) is 67.0 Å². The third-order valence-corrected chi connectivity index (χ3v) is 10.4. The molecule has 2 aromatic carbocycles. The van der Waals surface area contributed by atoms with Gasteiger partial charge in [0.1, 0.15) is 0 Å². The highest BCUT2D eigenvalue weighted by atomic mass is 16.5. The van der Waals surface area contributed by atoms with E-state index in [1.165, 1.54) is 56.9 Å². The summed E-state index contributed by atoms with van der Waals surface area (Å²) in [5, 5.41) is 3.51. The van der Waals surface area contributed by atoms with Gasteiger partial charge in [-0.3, -0.25) is 4.79 Å². The number of rotatable bonds is 10. The Morgan fingerprint density at radius 3 is 2.49 bits per heavy atom. The molecular formula is C37H50N4O2. The van der Waals surface area contributed by atoms with Crippen LogP contribution in [0.25, 0.3) is 11.3 Å². The van der Waals surface area contributed by atoms with Gasteiger partial charge in [0.05, 0.1) is 24.2 Å². The summed E-state index contributed by atoms with van der Waals surface area (Å²) in [7, 11) is 0. The van der Waals surface area contributed by atoms with Gasteiger partial charge in [-0.15, -0.1) is 0 Å². The van der Waals surface area contributed by atoms with Gasteiger partial charge in [0.25, 0.3) is 5.91 Å². The summed E-state index contributed by atoms with van der Waals surface area (Å²) in [4.78, 5) is 21.2. The molecule has 3 fully saturated rings. The third kappa shape index (κ3) is 7.24. The predicted octanol–water partition coefficient (Wildman–Crippen LogP) is 7.00. The monoisotopic (exact) mass is 582 g/mol. The molecule has 1 N–H and O–H groups in total. The fourth-order valence-corrected chi connectivity index (χ4v) is 7.88. The highest BCUT2D eigenvalue weighted by molar-refractivity contribution is 5.98. The number of carbonyl (C=O) groups excluding carboxylic acids is 1. The maximum atomic E-state index is 14.3. The number of carbonyl (C=O) groups is 1. The molecule has 1 aliphatic carbocycles. The summed E-state index contributed by atoms with van der Waals surface area (Å²) in [5.74, 6) is 1.99. The molecule has 1 amide bonds. The molecule has 6 rings (SSSR count). The zero-order chi connectivity index (χ0) is 29.6. The Bertz CT molecular complexity index is 1310. The van der Waals surface area contributed by atoms with Gasteiger partial charge >= 0.3 is 0 Å². The number of imidazole rings is 1. The van der Waals surface area contributed by atoms with Crippen molar-refractivity contribution in [2.75, 3.05) is 19.6 Å². The molecule has 0 spiro atoms. The fraction of sp³-hybridized carbons (Fsp3) is 0.568. The number of nitrogens with zero attached hydrogens (tertiary/aromatic N) is 3. The fourth-order valence-electron chi connectivity index (χ4n) is 7.88. The van der Waals surface area contributed by atoms with Crippen LogP contribution in [0.1, 0.15) is 81.3 Å². The normalized spacial score (nSPS) is 26.8. The molecule has 6 atom stereocenters. The average Bonchev–Trinajstić information content (AvgIpc) is 3.68. The summed E-state index contributed by atoms with van der Waals surface area (Å²) in [5.41, 5.74) is 3.91. The number of amides is 1. The highest BCUT2D eigenvalue weighted by Gasteiger charge is 2.33. The van der Waals surface area contributed by atoms with Crippen LogP contribution in [0.2, 0.25) is 0 Å². The number of piperazine rings is 1. The lowest BCUT2D eigenvalue weighted by atomic mass is 9.75. The molecule has 6 nitrogen and oxygen atoms in total. The topological polar surface area (TPSA) is 59.4 Å². The number of hydrogen-bond acceptors (Lipinski definition) is 4. The minimum absolute atomic E-state index is 0.0554. The maximum Gasteiger partial charge on any atom is 0.275 e. The van der Waals surface area contributed by atoms with E-state index in [0.717, 1.165) is 37.3 Å². The van der Waals surface area contributed by atoms with E-state index in [2.05, 4.69) is 77.2 Å². The summed E-state index contributed by atoms with van der Waals surface area (Å²) in [6, 6.07) is 21.1. The molecule has 3 heterocycles. The Morgan fingerprint density at radius 2 is 1.74 bits per heavy atom. The van der Waals surface area contributed by atoms with E-state index >= 15 is 0 Å². The van der Waals surface area contributed by atoms with Crippen molar-refractivity contribution in [2.45, 2.75) is 96.4 Å². The van der Waals surface area contributed by atoms with Gasteiger partial charge in [0.15, 0.2) is 5.69 Å². The molecule has 2 saturated heterocycles. The van der Waals surface area contributed by atoms with Crippen LogP contribution in [0.3, 0.4) is 0 Å². The first kappa shape index (κ1) is 30.1. The summed E-state index contributed by atoms with van der Waals surface area (Å²) in [6.45, 7) is 7.84. The van der Waals surface area contributed by atoms with Crippen LogP contribution < -0.4 is 5.32 Å². The van der Waals surface area contributed by atoms with Gasteiger partial charge in [0.2, 0.25) is 0 Å². The van der Waals surface area contributed by atoms with Crippen LogP contribution in [0, 0.1) is 17.8 Å². The molecule has 0 bridgehead atoms. The lowest BCUT2D eigenvalue weighted by molar-refractivity contribution is 0.0185. The SMILES string of the molecule is CC1CCC(C(C)CCC2CCCCC2Cn2cnc(C(=O)N3CCNC[C@H]3Cc3ccccc3)c2-c2ccccc2)O1. The molecule has 43 heavy (non-hydrogen) atoms. The van der Waals surface area contributed by atoms with Crippen LogP contribution in [0.4, 0.5) is 0 Å². The van der Waals surface area contributed by atoms with Gasteiger partial charge < -0.3 is 19.5 Å². The minimum Gasteiger partial charge on any atom is -0.375 e. The summed E-state index contributed by atoms with van der Waals surface area (Å²) < 4.78 is 8.52. The standard InChI is InChI=1S/C37H50N4O2/c1-27(34-20-18-28(2)43-34)17-19-30-13-9-10-16-32(30)25-40-26-39-35(36(40)31-14-7-4-8-15-31)37(42)41-22-21-38-24-33(41)23-29-11-5-3-6-12-29/h3-8,11-12,14-15,26-28,30,32-34,38H,9-10,13,16-25H2,1-2H3/t27?,28?,30?,32?,33-,34?/m1/s1. The van der Waals surface area contributed by atoms with E-state index in [1.54, 1.807) is 0 Å². The lowest BCUT2D eigenvalue weighted by Gasteiger charge is -2.36. The Labute approximate surface area is 258 Å². The third-order valence-electron chi connectivity index (χ3n) is 10.4. The van der Waals surface area contributed by atoms with Crippen molar-refractivity contribution in [2.24, 2.45) is 17.8 Å². The number of aromatic nitrogens is 2. The molecule has 230 valence electrons. The molecule has 6 heteroatoms. The quantitative estimate of drug-likeness (QED) is 0.280. The van der Waals surface area contributed by atoms with Crippen molar-refractivity contribution in [1.29, 1.82) is 0 Å².